The van der Waals surface area contributed by atoms with Crippen molar-refractivity contribution in [2.75, 3.05) is 11.5 Å². The molecule has 1 saturated heterocycles. The molecule has 2 aliphatic rings. The number of hydrogen-bond acceptors (Lipinski definition) is 5. The maximum absolute atomic E-state index is 11.2. The molecule has 2 rings (SSSR count). The van der Waals surface area contributed by atoms with Crippen LogP contribution < -0.4 is 5.32 Å². The van der Waals surface area contributed by atoms with Crippen LogP contribution in [0.4, 0.5) is 0 Å². The first-order valence-corrected chi connectivity index (χ1v) is 6.89. The molecule has 2 heterocycles. The number of hydrogen-bond donors (Lipinski definition) is 1. The van der Waals surface area contributed by atoms with Crippen LogP contribution in [0, 0.1) is 0 Å². The van der Waals surface area contributed by atoms with Gasteiger partial charge in [0.05, 0.1) is 17.5 Å². The molecule has 2 aliphatic heterocycles. The molecule has 5 nitrogen and oxygen atoms in total. The molecular formula is C7H10N2O3S2. The summed E-state index contributed by atoms with van der Waals surface area (Å²) < 4.78 is 22.4. The summed E-state index contributed by atoms with van der Waals surface area (Å²) in [6.07, 6.45) is 0. The van der Waals surface area contributed by atoms with E-state index in [1.54, 1.807) is 0 Å². The number of fused-ring (bicyclic) bond motifs is 1. The Kier molecular flexibility index (Phi) is 2.30. The third-order valence-corrected chi connectivity index (χ3v) is 5.24. The van der Waals surface area contributed by atoms with Gasteiger partial charge in [-0.05, 0) is 0 Å². The molecule has 0 radical (unpaired) electrons. The molecule has 0 spiro atoms. The molecule has 2 unspecified atom stereocenters. The zero-order chi connectivity index (χ0) is 10.3. The molecule has 0 bridgehead atoms. The highest BCUT2D eigenvalue weighted by Crippen LogP contribution is 2.33. The Morgan fingerprint density at radius 1 is 1.57 bits per heavy atom. The number of aliphatic imine (C=N–C) groups is 1. The summed E-state index contributed by atoms with van der Waals surface area (Å²) in [6, 6.07) is -0.160. The van der Waals surface area contributed by atoms with Crippen molar-refractivity contribution >= 4 is 32.7 Å². The Morgan fingerprint density at radius 2 is 2.29 bits per heavy atom. The van der Waals surface area contributed by atoms with E-state index in [-0.39, 0.29) is 28.7 Å². The van der Waals surface area contributed by atoms with Gasteiger partial charge in [0.25, 0.3) is 0 Å². The second-order valence-corrected chi connectivity index (χ2v) is 6.80. The van der Waals surface area contributed by atoms with Gasteiger partial charge >= 0.3 is 0 Å². The van der Waals surface area contributed by atoms with Gasteiger partial charge in [0.15, 0.2) is 15.0 Å². The number of carbonyl (C=O) groups excluding carboxylic acids is 1. The van der Waals surface area contributed by atoms with E-state index in [0.29, 0.717) is 5.17 Å². The minimum atomic E-state index is -2.90. The van der Waals surface area contributed by atoms with Crippen molar-refractivity contribution in [2.24, 2.45) is 4.99 Å². The number of amidine groups is 1. The zero-order valence-electron chi connectivity index (χ0n) is 7.56. The van der Waals surface area contributed by atoms with E-state index < -0.39 is 9.84 Å². The van der Waals surface area contributed by atoms with Crippen molar-refractivity contribution in [1.82, 2.24) is 5.32 Å². The van der Waals surface area contributed by atoms with Crippen molar-refractivity contribution in [3.8, 4) is 0 Å². The highest BCUT2D eigenvalue weighted by atomic mass is 32.2. The van der Waals surface area contributed by atoms with Crippen LogP contribution in [-0.4, -0.2) is 42.3 Å². The first-order chi connectivity index (χ1) is 6.46. The summed E-state index contributed by atoms with van der Waals surface area (Å²) >= 11 is 1.35. The SMILES string of the molecule is CC(=O)NC1=NC2CS(=O)(=O)CC2S1. The maximum atomic E-state index is 11.2. The van der Waals surface area contributed by atoms with Crippen LogP contribution in [0.3, 0.4) is 0 Å². The molecule has 0 saturated carbocycles. The first-order valence-electron chi connectivity index (χ1n) is 4.19. The number of carbonyl (C=O) groups is 1. The normalized spacial score (nSPS) is 33.6. The van der Waals surface area contributed by atoms with Crippen molar-refractivity contribution in [3.05, 3.63) is 0 Å². The molecule has 78 valence electrons. The van der Waals surface area contributed by atoms with E-state index in [9.17, 15) is 13.2 Å². The Balaban J connectivity index is 2.08. The fourth-order valence-electron chi connectivity index (χ4n) is 1.57. The van der Waals surface area contributed by atoms with Crippen molar-refractivity contribution in [3.63, 3.8) is 0 Å². The average molecular weight is 234 g/mol. The number of thioether (sulfide) groups is 1. The number of rotatable bonds is 0. The molecule has 2 atom stereocenters. The third kappa shape index (κ3) is 1.93. The lowest BCUT2D eigenvalue weighted by molar-refractivity contribution is -0.117. The highest BCUT2D eigenvalue weighted by molar-refractivity contribution is 8.15. The van der Waals surface area contributed by atoms with Gasteiger partial charge in [-0.15, -0.1) is 0 Å². The second kappa shape index (κ2) is 3.23. The Labute approximate surface area is 86.3 Å². The van der Waals surface area contributed by atoms with Crippen molar-refractivity contribution in [2.45, 2.75) is 18.2 Å². The molecule has 1 N–H and O–H groups in total. The van der Waals surface area contributed by atoms with Crippen LogP contribution in [0.15, 0.2) is 4.99 Å². The van der Waals surface area contributed by atoms with E-state index >= 15 is 0 Å². The summed E-state index contributed by atoms with van der Waals surface area (Å²) in [7, 11) is -2.90. The number of amides is 1. The summed E-state index contributed by atoms with van der Waals surface area (Å²) in [5, 5.41) is 3.14. The predicted octanol–water partition coefficient (Wildman–Crippen LogP) is -0.609. The van der Waals surface area contributed by atoms with Gasteiger partial charge in [-0.25, -0.2) is 8.42 Å². The summed E-state index contributed by atoms with van der Waals surface area (Å²) in [4.78, 5) is 14.9. The van der Waals surface area contributed by atoms with Crippen LogP contribution in [-0.2, 0) is 14.6 Å². The fraction of sp³-hybridized carbons (Fsp3) is 0.714. The highest BCUT2D eigenvalue weighted by Gasteiger charge is 2.42. The standard InChI is InChI=1S/C7H10N2O3S2/c1-4(10)8-7-9-5-2-14(11,12)3-6(5)13-7/h5-6H,2-3H2,1H3,(H,8,9,10). The molecular weight excluding hydrogens is 224 g/mol. The van der Waals surface area contributed by atoms with Gasteiger partial charge in [0.1, 0.15) is 0 Å². The molecule has 0 aromatic heterocycles. The second-order valence-electron chi connectivity index (χ2n) is 3.42. The molecule has 0 aliphatic carbocycles. The monoisotopic (exact) mass is 234 g/mol. The maximum Gasteiger partial charge on any atom is 0.222 e. The molecule has 14 heavy (non-hydrogen) atoms. The van der Waals surface area contributed by atoms with Crippen molar-refractivity contribution in [1.29, 1.82) is 0 Å². The number of nitrogens with one attached hydrogen (secondary N) is 1. The van der Waals surface area contributed by atoms with E-state index in [4.69, 9.17) is 0 Å². The van der Waals surface area contributed by atoms with Gasteiger partial charge in [0.2, 0.25) is 5.91 Å². The molecule has 0 aromatic carbocycles. The van der Waals surface area contributed by atoms with E-state index in [1.165, 1.54) is 18.7 Å². The fourth-order valence-corrected chi connectivity index (χ4v) is 5.27. The lowest BCUT2D eigenvalue weighted by Crippen LogP contribution is -2.25. The summed E-state index contributed by atoms with van der Waals surface area (Å²) in [6.45, 7) is 1.41. The summed E-state index contributed by atoms with van der Waals surface area (Å²) in [5.41, 5.74) is 0. The van der Waals surface area contributed by atoms with Crippen LogP contribution in [0.1, 0.15) is 6.92 Å². The first kappa shape index (κ1) is 9.97. The van der Waals surface area contributed by atoms with Crippen LogP contribution in [0.5, 0.6) is 0 Å². The van der Waals surface area contributed by atoms with Crippen LogP contribution >= 0.6 is 11.8 Å². The lowest BCUT2D eigenvalue weighted by atomic mass is 10.3. The molecule has 0 aromatic rings. The van der Waals surface area contributed by atoms with Gasteiger partial charge in [0, 0.05) is 12.2 Å². The predicted molar refractivity (Wildman–Crippen MR) is 55.1 cm³/mol. The quantitative estimate of drug-likeness (QED) is 0.607. The van der Waals surface area contributed by atoms with E-state index in [0.717, 1.165) is 0 Å². The molecule has 1 fully saturated rings. The summed E-state index contributed by atoms with van der Waals surface area (Å²) in [5.74, 6) is 0.127. The van der Waals surface area contributed by atoms with Gasteiger partial charge in [-0.2, -0.15) is 0 Å². The topological polar surface area (TPSA) is 75.6 Å². The minimum absolute atomic E-state index is 0.00171. The molecule has 7 heteroatoms. The number of sulfone groups is 1. The van der Waals surface area contributed by atoms with Gasteiger partial charge in [-0.1, -0.05) is 11.8 Å². The van der Waals surface area contributed by atoms with E-state index in [2.05, 4.69) is 10.3 Å². The Hall–Kier alpha value is -0.560. The van der Waals surface area contributed by atoms with Gasteiger partial charge < -0.3 is 5.32 Å². The molecule has 1 amide bonds. The largest absolute Gasteiger partial charge is 0.306 e. The average Bonchev–Trinajstić information content (AvgIpc) is 2.38. The van der Waals surface area contributed by atoms with E-state index in [1.807, 2.05) is 0 Å². The van der Waals surface area contributed by atoms with Crippen molar-refractivity contribution < 1.29 is 13.2 Å². The van der Waals surface area contributed by atoms with Crippen LogP contribution in [0.25, 0.3) is 0 Å². The lowest BCUT2D eigenvalue weighted by Gasteiger charge is -2.02. The zero-order valence-corrected chi connectivity index (χ0v) is 9.19. The number of nitrogens with zero attached hydrogens (tertiary/aromatic N) is 1. The Morgan fingerprint density at radius 3 is 2.86 bits per heavy atom. The smallest absolute Gasteiger partial charge is 0.222 e. The Bertz CT molecular complexity index is 401. The van der Waals surface area contributed by atoms with Crippen LogP contribution in [0.2, 0.25) is 0 Å². The third-order valence-electron chi connectivity index (χ3n) is 2.10. The van der Waals surface area contributed by atoms with Gasteiger partial charge in [-0.3, -0.25) is 9.79 Å². The minimum Gasteiger partial charge on any atom is -0.306 e.